The molecule has 60 heavy (non-hydrogen) atoms. The van der Waals surface area contributed by atoms with Crippen LogP contribution in [0.25, 0.3) is 43.1 Å². The van der Waals surface area contributed by atoms with Gasteiger partial charge in [0.05, 0.1) is 11.4 Å². The maximum Gasteiger partial charge on any atom is 0.0525 e. The summed E-state index contributed by atoms with van der Waals surface area (Å²) in [6.45, 7) is 13.2. The zero-order valence-corrected chi connectivity index (χ0v) is 37.4. The zero-order chi connectivity index (χ0) is 41.8. The highest BCUT2D eigenvalue weighted by Gasteiger charge is 2.42. The standard InChI is InChI=1S/C56H72N2O2/c1-5-9-13-25-37-57(38-26-14-10-6-2)53-45-33-21-17-29-41(45)49(42-30-18-22-34-46(42)53)51-55(59)52(56(51)60)50-43-31-19-23-35-47(43)54(48-36-24-20-32-44(48)50)58(39-27-15-11-7-3)40-28-16-12-8-4/h17-24,29-36,51-52,55-56H,5-16,25-28,37-40H2,1-4H3/q-2. The molecule has 6 aromatic rings. The van der Waals surface area contributed by atoms with Gasteiger partial charge in [0.1, 0.15) is 0 Å². The molecule has 0 bridgehead atoms. The largest absolute Gasteiger partial charge is 0.851 e. The molecule has 0 saturated heterocycles. The summed E-state index contributed by atoms with van der Waals surface area (Å²) in [5.41, 5.74) is 4.49. The molecule has 1 fully saturated rings. The van der Waals surface area contributed by atoms with Gasteiger partial charge in [0.25, 0.3) is 0 Å². The predicted molar refractivity (Wildman–Crippen MR) is 257 cm³/mol. The minimum absolute atomic E-state index is 0.632. The van der Waals surface area contributed by atoms with Crippen LogP contribution in [0.15, 0.2) is 97.1 Å². The summed E-state index contributed by atoms with van der Waals surface area (Å²) in [5.74, 6) is -1.26. The molecule has 0 aromatic heterocycles. The molecule has 0 unspecified atom stereocenters. The van der Waals surface area contributed by atoms with Gasteiger partial charge in [-0.1, -0.05) is 202 Å². The van der Waals surface area contributed by atoms with Gasteiger partial charge in [-0.05, 0) is 70.2 Å². The van der Waals surface area contributed by atoms with Crippen LogP contribution in [-0.2, 0) is 0 Å². The summed E-state index contributed by atoms with van der Waals surface area (Å²) in [6, 6.07) is 34.7. The summed E-state index contributed by atoms with van der Waals surface area (Å²) in [7, 11) is 0. The van der Waals surface area contributed by atoms with E-state index in [0.717, 1.165) is 84.5 Å². The number of nitrogens with zero attached hydrogens (tertiary/aromatic N) is 2. The number of rotatable bonds is 24. The third kappa shape index (κ3) is 9.21. The summed E-state index contributed by atoms with van der Waals surface area (Å²) in [6.07, 6.45) is 17.4. The molecule has 7 rings (SSSR count). The van der Waals surface area contributed by atoms with E-state index < -0.39 is 24.0 Å². The van der Waals surface area contributed by atoms with Crippen molar-refractivity contribution in [1.29, 1.82) is 0 Å². The summed E-state index contributed by atoms with van der Waals surface area (Å²) in [5, 5.41) is 39.6. The highest BCUT2D eigenvalue weighted by Crippen LogP contribution is 2.54. The van der Waals surface area contributed by atoms with Crippen molar-refractivity contribution in [2.24, 2.45) is 0 Å². The molecular formula is C56H72N2O2-2. The molecule has 6 aromatic carbocycles. The molecule has 0 atom stereocenters. The van der Waals surface area contributed by atoms with Crippen LogP contribution in [0.5, 0.6) is 0 Å². The number of fused-ring (bicyclic) bond motifs is 4. The molecule has 1 aliphatic carbocycles. The lowest BCUT2D eigenvalue weighted by molar-refractivity contribution is -0.535. The Hall–Kier alpha value is -4.12. The normalized spacial score (nSPS) is 17.8. The van der Waals surface area contributed by atoms with E-state index in [1.165, 1.54) is 110 Å². The van der Waals surface area contributed by atoms with Crippen molar-refractivity contribution >= 4 is 54.5 Å². The smallest absolute Gasteiger partial charge is 0.0525 e. The Kier molecular flexibility index (Phi) is 15.8. The van der Waals surface area contributed by atoms with Gasteiger partial charge in [0, 0.05) is 47.7 Å². The van der Waals surface area contributed by atoms with Crippen LogP contribution in [0, 0.1) is 0 Å². The molecule has 4 heteroatoms. The highest BCUT2D eigenvalue weighted by molar-refractivity contribution is 6.16. The molecule has 1 aliphatic rings. The van der Waals surface area contributed by atoms with E-state index in [9.17, 15) is 0 Å². The summed E-state index contributed by atoms with van der Waals surface area (Å²) in [4.78, 5) is 5.28. The fraction of sp³-hybridized carbons (Fsp3) is 0.500. The fourth-order valence-corrected chi connectivity index (χ4v) is 10.6. The first kappa shape index (κ1) is 44.0. The Labute approximate surface area is 362 Å². The SMILES string of the molecule is CCCCCCN(CCCCCC)c1c2ccccc2c(C2C([O-])C(c3c4ccccc4c(N(CCCCCC)CCCCCC)c4ccccc34)C2[O-])c2ccccc12. The summed E-state index contributed by atoms with van der Waals surface area (Å²) >= 11 is 0. The molecule has 320 valence electrons. The van der Waals surface area contributed by atoms with Crippen LogP contribution in [0.4, 0.5) is 11.4 Å². The van der Waals surface area contributed by atoms with Crippen molar-refractivity contribution in [3.63, 3.8) is 0 Å². The van der Waals surface area contributed by atoms with Crippen LogP contribution >= 0.6 is 0 Å². The van der Waals surface area contributed by atoms with E-state index >= 15 is 10.2 Å². The van der Waals surface area contributed by atoms with Gasteiger partial charge < -0.3 is 20.0 Å². The van der Waals surface area contributed by atoms with Gasteiger partial charge in [0.2, 0.25) is 0 Å². The Morgan fingerprint density at radius 1 is 0.333 bits per heavy atom. The zero-order valence-electron chi connectivity index (χ0n) is 37.4. The molecule has 0 aliphatic heterocycles. The lowest BCUT2D eigenvalue weighted by atomic mass is 9.60. The number of hydrogen-bond acceptors (Lipinski definition) is 4. The molecule has 0 heterocycles. The van der Waals surface area contributed by atoms with E-state index in [2.05, 4.69) is 135 Å². The predicted octanol–water partition coefficient (Wildman–Crippen LogP) is 13.6. The Balaban J connectivity index is 1.32. The van der Waals surface area contributed by atoms with Crippen LogP contribution in [0.2, 0.25) is 0 Å². The van der Waals surface area contributed by atoms with Crippen LogP contribution in [0.1, 0.15) is 153 Å². The van der Waals surface area contributed by atoms with Crippen molar-refractivity contribution in [1.82, 2.24) is 0 Å². The van der Waals surface area contributed by atoms with Crippen molar-refractivity contribution in [2.45, 2.75) is 154 Å². The highest BCUT2D eigenvalue weighted by atomic mass is 16.3. The maximum absolute atomic E-state index is 15.3. The van der Waals surface area contributed by atoms with E-state index in [1.54, 1.807) is 0 Å². The van der Waals surface area contributed by atoms with Gasteiger partial charge in [0.15, 0.2) is 0 Å². The molecule has 1 saturated carbocycles. The van der Waals surface area contributed by atoms with Gasteiger partial charge in [-0.2, -0.15) is 0 Å². The monoisotopic (exact) mass is 805 g/mol. The van der Waals surface area contributed by atoms with Gasteiger partial charge in [-0.15, -0.1) is 12.2 Å². The number of benzene rings is 6. The fourth-order valence-electron chi connectivity index (χ4n) is 10.6. The molecular weight excluding hydrogens is 733 g/mol. The first-order valence-electron chi connectivity index (χ1n) is 24.2. The number of anilines is 2. The average Bonchev–Trinajstić information content (AvgIpc) is 3.28. The van der Waals surface area contributed by atoms with Gasteiger partial charge in [-0.3, -0.25) is 0 Å². The second-order valence-electron chi connectivity index (χ2n) is 17.9. The molecule has 0 radical (unpaired) electrons. The van der Waals surface area contributed by atoms with Crippen LogP contribution in [0.3, 0.4) is 0 Å². The van der Waals surface area contributed by atoms with Gasteiger partial charge in [-0.25, -0.2) is 0 Å². The Morgan fingerprint density at radius 3 is 0.800 bits per heavy atom. The van der Waals surface area contributed by atoms with Crippen molar-refractivity contribution in [3.05, 3.63) is 108 Å². The first-order valence-corrected chi connectivity index (χ1v) is 24.2. The lowest BCUT2D eigenvalue weighted by Crippen LogP contribution is -2.63. The second kappa shape index (κ2) is 21.6. The van der Waals surface area contributed by atoms with Crippen LogP contribution < -0.4 is 20.0 Å². The van der Waals surface area contributed by atoms with E-state index in [4.69, 9.17) is 0 Å². The third-order valence-electron chi connectivity index (χ3n) is 13.7. The minimum Gasteiger partial charge on any atom is -0.851 e. The minimum atomic E-state index is -1.05. The number of hydrogen-bond donors (Lipinski definition) is 0. The molecule has 4 nitrogen and oxygen atoms in total. The molecule has 0 N–H and O–H groups in total. The van der Waals surface area contributed by atoms with Crippen molar-refractivity contribution in [3.8, 4) is 0 Å². The van der Waals surface area contributed by atoms with Crippen molar-refractivity contribution < 1.29 is 10.2 Å². The Bertz CT molecular complexity index is 1970. The molecule has 0 spiro atoms. The maximum atomic E-state index is 15.3. The van der Waals surface area contributed by atoms with E-state index in [0.29, 0.717) is 0 Å². The van der Waals surface area contributed by atoms with E-state index in [1.807, 2.05) is 0 Å². The topological polar surface area (TPSA) is 52.6 Å². The summed E-state index contributed by atoms with van der Waals surface area (Å²) < 4.78 is 0. The van der Waals surface area contributed by atoms with Crippen LogP contribution in [-0.4, -0.2) is 38.4 Å². The lowest BCUT2D eigenvalue weighted by Gasteiger charge is -2.62. The van der Waals surface area contributed by atoms with Crippen molar-refractivity contribution in [2.75, 3.05) is 36.0 Å². The first-order chi connectivity index (χ1) is 29.5. The Morgan fingerprint density at radius 2 is 0.567 bits per heavy atom. The van der Waals surface area contributed by atoms with Gasteiger partial charge >= 0.3 is 0 Å². The number of unbranched alkanes of at least 4 members (excludes halogenated alkanes) is 12. The van der Waals surface area contributed by atoms with E-state index in [-0.39, 0.29) is 0 Å². The quantitative estimate of drug-likeness (QED) is 0.0452. The second-order valence-corrected chi connectivity index (χ2v) is 17.9. The third-order valence-corrected chi connectivity index (χ3v) is 13.7. The molecule has 0 amide bonds. The average molecular weight is 805 g/mol.